The maximum atomic E-state index is 2.52. The van der Waals surface area contributed by atoms with Crippen LogP contribution in [0.4, 0.5) is 0 Å². The topological polar surface area (TPSA) is 0 Å². The molecule has 0 N–H and O–H groups in total. The number of hydrogen-bond acceptors (Lipinski definition) is 0. The van der Waals surface area contributed by atoms with Crippen molar-refractivity contribution in [2.45, 2.75) is 79.2 Å². The molecular formula is C46H50Si. The third kappa shape index (κ3) is 5.80. The lowest BCUT2D eigenvalue weighted by Gasteiger charge is -2.46. The van der Waals surface area contributed by atoms with Crippen molar-refractivity contribution in [1.82, 2.24) is 0 Å². The predicted octanol–water partition coefficient (Wildman–Crippen LogP) is 11.7. The Labute approximate surface area is 284 Å². The normalized spacial score (nSPS) is 14.6. The molecule has 1 heteroatoms. The van der Waals surface area contributed by atoms with Crippen LogP contribution < -0.4 is 5.19 Å². The first kappa shape index (κ1) is 32.7. The maximum Gasteiger partial charge on any atom is 0.156 e. The summed E-state index contributed by atoms with van der Waals surface area (Å²) in [6.07, 6.45) is 4.05. The standard InChI is InChI=1S/C46H50Si/c1-8-33-19-15-23-37(29-33)42-43(38-24-16-20-34(9-2)30-38)45(40-26-18-22-36(11-4)32-40)47(46(5,6)7,41-27-13-12-14-28-41)44(42)39-25-17-21-35(10-3)31-39/h12-32H,8-11H2,1-7H3. The van der Waals surface area contributed by atoms with Gasteiger partial charge in [-0.15, -0.1) is 0 Å². The number of benzene rings is 5. The highest BCUT2D eigenvalue weighted by Gasteiger charge is 2.58. The Morgan fingerprint density at radius 2 is 0.745 bits per heavy atom. The van der Waals surface area contributed by atoms with E-state index in [9.17, 15) is 0 Å². The van der Waals surface area contributed by atoms with E-state index in [1.54, 1.807) is 10.4 Å². The summed E-state index contributed by atoms with van der Waals surface area (Å²) in [5, 5.41) is 4.52. The molecular weight excluding hydrogens is 581 g/mol. The molecule has 0 aliphatic carbocycles. The van der Waals surface area contributed by atoms with Gasteiger partial charge in [0.15, 0.2) is 8.07 Å². The van der Waals surface area contributed by atoms with Crippen molar-refractivity contribution in [3.8, 4) is 0 Å². The average Bonchev–Trinajstić information content (AvgIpc) is 3.45. The van der Waals surface area contributed by atoms with Gasteiger partial charge in [0.1, 0.15) is 0 Å². The van der Waals surface area contributed by atoms with Crippen molar-refractivity contribution < 1.29 is 0 Å². The SMILES string of the molecule is CCc1cccc(C2=C(c3cccc(CC)c3)[Si](c3ccccc3)(C(C)(C)C)C(c3cccc(CC)c3)=C2c2cccc(CC)c2)c1. The van der Waals surface area contributed by atoms with Crippen molar-refractivity contribution in [1.29, 1.82) is 0 Å². The molecule has 0 unspecified atom stereocenters. The summed E-state index contributed by atoms with van der Waals surface area (Å²) >= 11 is 0. The zero-order chi connectivity index (χ0) is 33.2. The van der Waals surface area contributed by atoms with Gasteiger partial charge in [-0.25, -0.2) is 0 Å². The summed E-state index contributed by atoms with van der Waals surface area (Å²) in [7, 11) is -2.81. The van der Waals surface area contributed by atoms with Gasteiger partial charge in [-0.1, -0.05) is 176 Å². The second kappa shape index (κ2) is 13.5. The number of hydrogen-bond donors (Lipinski definition) is 0. The first-order chi connectivity index (χ1) is 22.8. The lowest BCUT2D eigenvalue weighted by atomic mass is 9.87. The van der Waals surface area contributed by atoms with Crippen molar-refractivity contribution >= 4 is 34.8 Å². The first-order valence-corrected chi connectivity index (χ1v) is 19.7. The highest BCUT2D eigenvalue weighted by Crippen LogP contribution is 2.62. The molecule has 1 heterocycles. The van der Waals surface area contributed by atoms with E-state index < -0.39 is 8.07 Å². The zero-order valence-corrected chi connectivity index (χ0v) is 30.5. The van der Waals surface area contributed by atoms with E-state index in [1.165, 1.54) is 60.8 Å². The fourth-order valence-electron chi connectivity index (χ4n) is 8.00. The predicted molar refractivity (Wildman–Crippen MR) is 208 cm³/mol. The van der Waals surface area contributed by atoms with Gasteiger partial charge < -0.3 is 0 Å². The summed E-state index contributed by atoms with van der Waals surface area (Å²) in [5.41, 5.74) is 13.8. The summed E-state index contributed by atoms with van der Waals surface area (Å²) < 4.78 is 0. The van der Waals surface area contributed by atoms with Gasteiger partial charge >= 0.3 is 0 Å². The molecule has 238 valence electrons. The number of allylic oxidation sites excluding steroid dienone is 2. The van der Waals surface area contributed by atoms with Crippen LogP contribution in [0, 0.1) is 0 Å². The van der Waals surface area contributed by atoms with Crippen LogP contribution in [-0.4, -0.2) is 8.07 Å². The minimum atomic E-state index is -2.81. The van der Waals surface area contributed by atoms with Gasteiger partial charge in [0.25, 0.3) is 0 Å². The first-order valence-electron chi connectivity index (χ1n) is 17.7. The van der Waals surface area contributed by atoms with Crippen LogP contribution in [0.25, 0.3) is 21.5 Å². The molecule has 1 aliphatic heterocycles. The molecule has 0 atom stereocenters. The van der Waals surface area contributed by atoms with Crippen molar-refractivity contribution in [3.63, 3.8) is 0 Å². The minimum Gasteiger partial charge on any atom is -0.0624 e. The molecule has 0 spiro atoms. The van der Waals surface area contributed by atoms with E-state index in [4.69, 9.17) is 0 Å². The Bertz CT molecular complexity index is 1830. The molecule has 6 rings (SSSR count). The minimum absolute atomic E-state index is 0.0544. The van der Waals surface area contributed by atoms with Gasteiger partial charge in [-0.05, 0) is 102 Å². The van der Waals surface area contributed by atoms with E-state index in [2.05, 4.69) is 176 Å². The van der Waals surface area contributed by atoms with Crippen LogP contribution in [-0.2, 0) is 25.7 Å². The van der Waals surface area contributed by atoms with Crippen LogP contribution in [0.1, 0.15) is 93.0 Å². The van der Waals surface area contributed by atoms with Crippen LogP contribution >= 0.6 is 0 Å². The van der Waals surface area contributed by atoms with Gasteiger partial charge in [0, 0.05) is 0 Å². The largest absolute Gasteiger partial charge is 0.156 e. The van der Waals surface area contributed by atoms with Crippen LogP contribution in [0.2, 0.25) is 5.04 Å². The van der Waals surface area contributed by atoms with Crippen molar-refractivity contribution in [2.75, 3.05) is 0 Å². The monoisotopic (exact) mass is 630 g/mol. The lowest BCUT2D eigenvalue weighted by molar-refractivity contribution is 0.741. The van der Waals surface area contributed by atoms with Gasteiger partial charge in [-0.3, -0.25) is 0 Å². The van der Waals surface area contributed by atoms with E-state index in [0.29, 0.717) is 0 Å². The van der Waals surface area contributed by atoms with Crippen LogP contribution in [0.5, 0.6) is 0 Å². The Morgan fingerprint density at radius 1 is 0.404 bits per heavy atom. The lowest BCUT2D eigenvalue weighted by Crippen LogP contribution is -2.56. The van der Waals surface area contributed by atoms with E-state index in [-0.39, 0.29) is 5.04 Å². The van der Waals surface area contributed by atoms with Crippen LogP contribution in [0.15, 0.2) is 127 Å². The Balaban J connectivity index is 1.93. The highest BCUT2D eigenvalue weighted by molar-refractivity contribution is 7.23. The number of aryl methyl sites for hydroxylation is 4. The average molecular weight is 631 g/mol. The second-order valence-electron chi connectivity index (χ2n) is 14.1. The van der Waals surface area contributed by atoms with Gasteiger partial charge in [0.2, 0.25) is 0 Å². The van der Waals surface area contributed by atoms with Gasteiger partial charge in [0.05, 0.1) is 0 Å². The fourth-order valence-corrected chi connectivity index (χ4v) is 14.3. The highest BCUT2D eigenvalue weighted by atomic mass is 28.3. The van der Waals surface area contributed by atoms with E-state index >= 15 is 0 Å². The van der Waals surface area contributed by atoms with E-state index in [1.807, 2.05) is 0 Å². The molecule has 0 bridgehead atoms. The molecule has 5 aromatic carbocycles. The summed E-state index contributed by atoms with van der Waals surface area (Å²) in [6.45, 7) is 16.7. The smallest absolute Gasteiger partial charge is 0.0624 e. The van der Waals surface area contributed by atoms with Crippen molar-refractivity contribution in [3.05, 3.63) is 172 Å². The molecule has 0 nitrogen and oxygen atoms in total. The third-order valence-electron chi connectivity index (χ3n) is 10.3. The molecule has 0 radical (unpaired) electrons. The molecule has 0 saturated heterocycles. The second-order valence-corrected chi connectivity index (χ2v) is 18.7. The Hall–Kier alpha value is -4.20. The molecule has 1 aliphatic rings. The Kier molecular flexibility index (Phi) is 9.40. The molecule has 0 aromatic heterocycles. The summed E-state index contributed by atoms with van der Waals surface area (Å²) in [4.78, 5) is 0. The van der Waals surface area contributed by atoms with E-state index in [0.717, 1.165) is 25.7 Å². The molecule has 0 saturated carbocycles. The maximum absolute atomic E-state index is 2.81. The number of rotatable bonds is 9. The molecule has 0 fully saturated rings. The van der Waals surface area contributed by atoms with Crippen LogP contribution in [0.3, 0.4) is 0 Å². The molecule has 47 heavy (non-hydrogen) atoms. The van der Waals surface area contributed by atoms with Crippen molar-refractivity contribution in [2.24, 2.45) is 0 Å². The summed E-state index contributed by atoms with van der Waals surface area (Å²) in [6, 6.07) is 49.4. The Morgan fingerprint density at radius 3 is 1.09 bits per heavy atom. The fraction of sp³-hybridized carbons (Fsp3) is 0.261. The third-order valence-corrected chi connectivity index (χ3v) is 16.4. The van der Waals surface area contributed by atoms with Gasteiger partial charge in [-0.2, -0.15) is 0 Å². The molecule has 0 amide bonds. The zero-order valence-electron chi connectivity index (χ0n) is 29.5. The summed E-state index contributed by atoms with van der Waals surface area (Å²) in [5.74, 6) is 0. The molecule has 5 aromatic rings. The quantitative estimate of drug-likeness (QED) is 0.142.